The summed E-state index contributed by atoms with van der Waals surface area (Å²) in [5.74, 6) is 0.641. The smallest absolute Gasteiger partial charge is 0.243 e. The summed E-state index contributed by atoms with van der Waals surface area (Å²) in [5, 5.41) is 0.465. The topological polar surface area (TPSA) is 110 Å². The molecular weight excluding hydrogens is 617 g/mol. The molecule has 12 heteroatoms. The van der Waals surface area contributed by atoms with Crippen molar-refractivity contribution in [3.05, 3.63) is 71.3 Å². The van der Waals surface area contributed by atoms with E-state index in [9.17, 15) is 16.8 Å². The molecule has 0 unspecified atom stereocenters. The minimum absolute atomic E-state index is 0. The lowest BCUT2D eigenvalue weighted by atomic mass is 9.89. The summed E-state index contributed by atoms with van der Waals surface area (Å²) in [7, 11) is -7.61. The zero-order valence-corrected chi connectivity index (χ0v) is 27.6. The first-order valence-electron chi connectivity index (χ1n) is 14.3. The van der Waals surface area contributed by atoms with Crippen LogP contribution in [0.2, 0.25) is 5.02 Å². The Hall–Kier alpha value is -1.50. The third-order valence-corrected chi connectivity index (χ3v) is 11.9. The van der Waals surface area contributed by atoms with Gasteiger partial charge in [0.15, 0.2) is 0 Å². The van der Waals surface area contributed by atoms with E-state index in [2.05, 4.69) is 11.5 Å². The van der Waals surface area contributed by atoms with Gasteiger partial charge in [0.25, 0.3) is 0 Å². The molecule has 1 saturated heterocycles. The highest BCUT2D eigenvalue weighted by Gasteiger charge is 2.30. The maximum Gasteiger partial charge on any atom is 0.243 e. The molecule has 236 valence electrons. The third-order valence-electron chi connectivity index (χ3n) is 7.91. The van der Waals surface area contributed by atoms with E-state index in [1.165, 1.54) is 52.8 Å². The Morgan fingerprint density at radius 3 is 1.67 bits per heavy atom. The van der Waals surface area contributed by atoms with Gasteiger partial charge in [-0.25, -0.2) is 16.8 Å². The van der Waals surface area contributed by atoms with Gasteiger partial charge in [-0.15, -0.1) is 12.4 Å². The number of hydrogen-bond donors (Lipinski definition) is 0. The van der Waals surface area contributed by atoms with Crippen LogP contribution >= 0.6 is 24.0 Å². The molecule has 0 aromatic heterocycles. The minimum atomic E-state index is -3.83. The van der Waals surface area contributed by atoms with E-state index in [1.54, 1.807) is 36.4 Å². The van der Waals surface area contributed by atoms with Crippen molar-refractivity contribution in [3.8, 4) is 0 Å². The molecule has 1 aliphatic carbocycles. The normalized spacial score (nSPS) is 19.6. The van der Waals surface area contributed by atoms with Gasteiger partial charge >= 0.3 is 0 Å². The molecule has 1 saturated carbocycles. The lowest BCUT2D eigenvalue weighted by Gasteiger charge is -2.33. The molecule has 2 fully saturated rings. The molecule has 1 aliphatic heterocycles. The summed E-state index contributed by atoms with van der Waals surface area (Å²) in [5.41, 5.74) is 1.52. The van der Waals surface area contributed by atoms with E-state index < -0.39 is 20.0 Å². The van der Waals surface area contributed by atoms with E-state index in [1.807, 2.05) is 6.92 Å². The number of hydrogen-bond acceptors (Lipinski definition) is 5. The Kier molecular flexibility index (Phi) is 14.4. The summed E-state index contributed by atoms with van der Waals surface area (Å²) < 4.78 is 57.7. The van der Waals surface area contributed by atoms with Crippen molar-refractivity contribution in [2.45, 2.75) is 61.7 Å². The number of sulfonamides is 2. The van der Waals surface area contributed by atoms with E-state index in [4.69, 9.17) is 11.6 Å². The highest BCUT2D eigenvalue weighted by atomic mass is 35.5. The highest BCUT2D eigenvalue weighted by Crippen LogP contribution is 2.26. The van der Waals surface area contributed by atoms with Gasteiger partial charge in [0.05, 0.1) is 9.79 Å². The molecule has 2 aromatic carbocycles. The Labute approximate surface area is 263 Å². The first-order chi connectivity index (χ1) is 19.1. The van der Waals surface area contributed by atoms with Gasteiger partial charge in [0.2, 0.25) is 20.0 Å². The van der Waals surface area contributed by atoms with Crippen LogP contribution < -0.4 is 0 Å². The largest absolute Gasteiger partial charge is 0.412 e. The molecular formula is C30H45Cl2N3O5S2. The number of benzene rings is 2. The van der Waals surface area contributed by atoms with Gasteiger partial charge in [-0.3, -0.25) is 0 Å². The molecule has 42 heavy (non-hydrogen) atoms. The monoisotopic (exact) mass is 661 g/mol. The average molecular weight is 663 g/mol. The predicted octanol–water partition coefficient (Wildman–Crippen LogP) is 5.16. The van der Waals surface area contributed by atoms with Crippen molar-refractivity contribution in [1.29, 1.82) is 0 Å². The molecule has 1 heterocycles. The Morgan fingerprint density at radius 2 is 1.19 bits per heavy atom. The second-order valence-electron chi connectivity index (χ2n) is 11.2. The summed E-state index contributed by atoms with van der Waals surface area (Å²) in [6.07, 6.45) is 7.66. The Morgan fingerprint density at radius 1 is 0.738 bits per heavy atom. The first-order valence-corrected chi connectivity index (χ1v) is 17.5. The third kappa shape index (κ3) is 9.75. The molecule has 8 nitrogen and oxygen atoms in total. The van der Waals surface area contributed by atoms with Gasteiger partial charge in [-0.2, -0.15) is 8.61 Å². The average Bonchev–Trinajstić information content (AvgIpc) is 2.92. The van der Waals surface area contributed by atoms with Gasteiger partial charge in [0.1, 0.15) is 0 Å². The fourth-order valence-corrected chi connectivity index (χ4v) is 8.83. The number of rotatable bonds is 6. The van der Waals surface area contributed by atoms with Crippen LogP contribution in [0.1, 0.15) is 50.5 Å². The highest BCUT2D eigenvalue weighted by molar-refractivity contribution is 7.89. The number of nitrogens with zero attached hydrogens (tertiary/aromatic N) is 3. The predicted molar refractivity (Wildman–Crippen MR) is 172 cm³/mol. The lowest BCUT2D eigenvalue weighted by Crippen LogP contribution is -2.42. The van der Waals surface area contributed by atoms with Crippen LogP contribution in [0, 0.1) is 12.8 Å². The molecule has 0 radical (unpaired) electrons. The Bertz CT molecular complexity index is 1250. The second-order valence-corrected chi connectivity index (χ2v) is 15.5. The zero-order valence-electron chi connectivity index (χ0n) is 24.4. The van der Waals surface area contributed by atoms with E-state index in [0.717, 1.165) is 25.2 Å². The van der Waals surface area contributed by atoms with Gasteiger partial charge in [-0.05, 0) is 93.6 Å². The summed E-state index contributed by atoms with van der Waals surface area (Å²) >= 11 is 6.02. The van der Waals surface area contributed by atoms with Crippen LogP contribution in [0.25, 0.3) is 0 Å². The summed E-state index contributed by atoms with van der Waals surface area (Å²) in [4.78, 5) is 2.82. The quantitative estimate of drug-likeness (QED) is 0.397. The zero-order chi connectivity index (χ0) is 28.8. The minimum Gasteiger partial charge on any atom is -0.412 e. The summed E-state index contributed by atoms with van der Waals surface area (Å²) in [6, 6.07) is 13.0. The van der Waals surface area contributed by atoms with Crippen LogP contribution in [-0.4, -0.2) is 81.6 Å². The number of aryl methyl sites for hydroxylation is 1. The fraction of sp³-hybridized carbons (Fsp3) is 0.533. The first kappa shape index (κ1) is 36.7. The van der Waals surface area contributed by atoms with Crippen LogP contribution in [0.5, 0.6) is 0 Å². The van der Waals surface area contributed by atoms with Crippen molar-refractivity contribution < 1.29 is 22.3 Å². The summed E-state index contributed by atoms with van der Waals surface area (Å²) in [6.45, 7) is 9.35. The fourth-order valence-electron chi connectivity index (χ4n) is 5.70. The second kappa shape index (κ2) is 16.5. The molecule has 2 aromatic rings. The molecule has 2 N–H and O–H groups in total. The van der Waals surface area contributed by atoms with Gasteiger partial charge in [0, 0.05) is 37.7 Å². The molecule has 0 bridgehead atoms. The molecule has 2 aliphatic rings. The van der Waals surface area contributed by atoms with Crippen molar-refractivity contribution in [2.75, 3.05) is 45.8 Å². The van der Waals surface area contributed by atoms with Crippen LogP contribution in [0.15, 0.2) is 70.5 Å². The Balaban J connectivity index is 0.00000308. The SMILES string of the molecule is C=C1CN(S(=O)(=O)c2ccc(C)cc2)CCCN(CC2CCCCC2)CCCN(S(=O)(=O)c2ccc(Cl)cc2)C1.Cl.O. The van der Waals surface area contributed by atoms with Crippen molar-refractivity contribution in [1.82, 2.24) is 13.5 Å². The van der Waals surface area contributed by atoms with E-state index in [-0.39, 0.29) is 40.8 Å². The van der Waals surface area contributed by atoms with E-state index in [0.29, 0.717) is 42.4 Å². The van der Waals surface area contributed by atoms with Crippen molar-refractivity contribution in [3.63, 3.8) is 0 Å². The molecule has 4 rings (SSSR count). The van der Waals surface area contributed by atoms with Gasteiger partial charge in [-0.1, -0.05) is 55.1 Å². The van der Waals surface area contributed by atoms with Crippen molar-refractivity contribution >= 4 is 44.1 Å². The van der Waals surface area contributed by atoms with Crippen LogP contribution in [0.4, 0.5) is 0 Å². The molecule has 0 atom stereocenters. The van der Waals surface area contributed by atoms with Crippen LogP contribution in [0.3, 0.4) is 0 Å². The van der Waals surface area contributed by atoms with Crippen LogP contribution in [-0.2, 0) is 20.0 Å². The maximum absolute atomic E-state index is 13.7. The van der Waals surface area contributed by atoms with Gasteiger partial charge < -0.3 is 10.4 Å². The standard InChI is InChI=1S/C30H42ClN3O4S2.ClH.H2O/c1-25-10-14-29(15-11-25)39(35,36)33-20-6-18-32(24-27-8-4-3-5-9-27)19-7-21-34(23-26(2)22-33)40(37,38)30-16-12-28(31)13-17-30;;/h10-17,27H,2-9,18-24H2,1H3;1H;1H2. The number of halogens is 2. The molecule has 0 amide bonds. The molecule has 0 spiro atoms. The van der Waals surface area contributed by atoms with Crippen molar-refractivity contribution in [2.24, 2.45) is 5.92 Å². The van der Waals surface area contributed by atoms with E-state index >= 15 is 0 Å². The maximum atomic E-state index is 13.7. The lowest BCUT2D eigenvalue weighted by molar-refractivity contribution is 0.188.